The second-order valence-electron chi connectivity index (χ2n) is 7.81. The highest BCUT2D eigenvalue weighted by Gasteiger charge is 2.27. The lowest BCUT2D eigenvalue weighted by molar-refractivity contribution is -0.384. The van der Waals surface area contributed by atoms with E-state index in [0.29, 0.717) is 42.6 Å². The van der Waals surface area contributed by atoms with Crippen molar-refractivity contribution < 1.29 is 9.72 Å². The van der Waals surface area contributed by atoms with Gasteiger partial charge in [0.05, 0.1) is 20.5 Å². The number of non-ortho nitro benzene ring substituents is 1. The van der Waals surface area contributed by atoms with E-state index in [0.717, 1.165) is 16.3 Å². The zero-order valence-electron chi connectivity index (χ0n) is 18.0. The summed E-state index contributed by atoms with van der Waals surface area (Å²) >= 11 is 8.00. The third-order valence-electron chi connectivity index (χ3n) is 5.78. The number of nitrogens with zero attached hydrogens (tertiary/aromatic N) is 5. The molecule has 0 bridgehead atoms. The highest BCUT2D eigenvalue weighted by Crippen LogP contribution is 2.29. The van der Waals surface area contributed by atoms with Crippen LogP contribution in [0.3, 0.4) is 0 Å². The molecule has 3 heterocycles. The van der Waals surface area contributed by atoms with Crippen molar-refractivity contribution >= 4 is 40.2 Å². The molecule has 5 rings (SSSR count). The van der Waals surface area contributed by atoms with Crippen molar-refractivity contribution in [1.29, 1.82) is 0 Å². The van der Waals surface area contributed by atoms with Gasteiger partial charge in [0.15, 0.2) is 0 Å². The van der Waals surface area contributed by atoms with Crippen molar-refractivity contribution in [2.24, 2.45) is 0 Å². The Kier molecular flexibility index (Phi) is 6.04. The van der Waals surface area contributed by atoms with Crippen molar-refractivity contribution in [3.05, 3.63) is 92.9 Å². The van der Waals surface area contributed by atoms with Crippen LogP contribution < -0.4 is 4.90 Å². The quantitative estimate of drug-likeness (QED) is 0.284. The van der Waals surface area contributed by atoms with Crippen molar-refractivity contribution in [2.75, 3.05) is 31.1 Å². The Labute approximate surface area is 204 Å². The van der Waals surface area contributed by atoms with Crippen LogP contribution in [-0.2, 0) is 0 Å². The van der Waals surface area contributed by atoms with Crippen molar-refractivity contribution in [3.63, 3.8) is 0 Å². The lowest BCUT2D eigenvalue weighted by Crippen LogP contribution is -2.49. The predicted molar refractivity (Wildman–Crippen MR) is 133 cm³/mol. The van der Waals surface area contributed by atoms with Crippen LogP contribution in [0.4, 0.5) is 11.4 Å². The van der Waals surface area contributed by atoms with Crippen LogP contribution in [0.15, 0.2) is 72.1 Å². The van der Waals surface area contributed by atoms with E-state index in [1.165, 1.54) is 12.1 Å². The molecule has 0 N–H and O–H groups in total. The summed E-state index contributed by atoms with van der Waals surface area (Å²) in [5.41, 5.74) is 2.80. The van der Waals surface area contributed by atoms with Gasteiger partial charge in [-0.1, -0.05) is 29.8 Å². The van der Waals surface area contributed by atoms with Crippen LogP contribution in [0.5, 0.6) is 0 Å². The van der Waals surface area contributed by atoms with Gasteiger partial charge in [0.25, 0.3) is 11.6 Å². The van der Waals surface area contributed by atoms with Gasteiger partial charge in [-0.15, -0.1) is 11.3 Å². The topological polar surface area (TPSA) is 84.5 Å². The van der Waals surface area contributed by atoms with E-state index in [9.17, 15) is 14.9 Å². The fourth-order valence-corrected chi connectivity index (χ4v) is 4.90. The number of aromatic nitrogens is 2. The minimum atomic E-state index is -0.410. The van der Waals surface area contributed by atoms with Crippen LogP contribution in [0, 0.1) is 10.1 Å². The summed E-state index contributed by atoms with van der Waals surface area (Å²) in [6, 6.07) is 19.6. The Balaban J connectivity index is 1.38. The Morgan fingerprint density at radius 2 is 1.74 bits per heavy atom. The Morgan fingerprint density at radius 3 is 2.38 bits per heavy atom. The van der Waals surface area contributed by atoms with Gasteiger partial charge in [-0.2, -0.15) is 5.10 Å². The molecular formula is C24H20ClN5O3S. The fourth-order valence-electron chi connectivity index (χ4n) is 4.00. The molecule has 34 heavy (non-hydrogen) atoms. The Morgan fingerprint density at radius 1 is 1.00 bits per heavy atom. The van der Waals surface area contributed by atoms with E-state index in [4.69, 9.17) is 16.7 Å². The first-order valence-electron chi connectivity index (χ1n) is 10.7. The number of piperazine rings is 1. The first-order valence-corrected chi connectivity index (χ1v) is 11.9. The van der Waals surface area contributed by atoms with E-state index in [2.05, 4.69) is 4.90 Å². The summed E-state index contributed by atoms with van der Waals surface area (Å²) in [6.07, 6.45) is 0. The van der Waals surface area contributed by atoms with Crippen molar-refractivity contribution in [1.82, 2.24) is 14.7 Å². The number of rotatable bonds is 5. The molecule has 0 spiro atoms. The standard InChI is InChI=1S/C24H20ClN5O3S/c25-19-4-1-2-5-21(19)29-22(16-20(26-29)23-6-3-15-34-23)24(31)28-13-11-27(12-14-28)17-7-9-18(10-8-17)30(32)33/h1-10,15-16H,11-14H2. The van der Waals surface area contributed by atoms with Crippen LogP contribution >= 0.6 is 22.9 Å². The van der Waals surface area contributed by atoms with Crippen molar-refractivity contribution in [2.45, 2.75) is 0 Å². The molecule has 1 amide bonds. The molecule has 2 aromatic carbocycles. The number of thiophene rings is 1. The number of carbonyl (C=O) groups is 1. The van der Waals surface area contributed by atoms with E-state index in [1.54, 1.807) is 34.2 Å². The molecule has 8 nitrogen and oxygen atoms in total. The number of halogens is 1. The molecule has 0 saturated carbocycles. The molecule has 1 fully saturated rings. The molecule has 0 unspecified atom stereocenters. The van der Waals surface area contributed by atoms with Crippen LogP contribution in [0.1, 0.15) is 10.5 Å². The third-order valence-corrected chi connectivity index (χ3v) is 6.99. The number of hydrogen-bond acceptors (Lipinski definition) is 6. The van der Waals surface area contributed by atoms with Crippen LogP contribution in [-0.4, -0.2) is 51.7 Å². The maximum Gasteiger partial charge on any atom is 0.272 e. The summed E-state index contributed by atoms with van der Waals surface area (Å²) in [6.45, 7) is 2.30. The first-order chi connectivity index (χ1) is 16.5. The molecule has 2 aromatic heterocycles. The zero-order chi connectivity index (χ0) is 23.7. The zero-order valence-corrected chi connectivity index (χ0v) is 19.6. The number of benzene rings is 2. The average Bonchev–Trinajstić information content (AvgIpc) is 3.54. The highest BCUT2D eigenvalue weighted by molar-refractivity contribution is 7.13. The predicted octanol–water partition coefficient (Wildman–Crippen LogP) is 5.12. The molecular weight excluding hydrogens is 474 g/mol. The maximum absolute atomic E-state index is 13.6. The van der Waals surface area contributed by atoms with Crippen molar-refractivity contribution in [3.8, 4) is 16.3 Å². The number of hydrogen-bond donors (Lipinski definition) is 0. The van der Waals surface area contributed by atoms with Gasteiger partial charge in [-0.3, -0.25) is 14.9 Å². The molecule has 10 heteroatoms. The summed E-state index contributed by atoms with van der Waals surface area (Å²) in [5.74, 6) is -0.112. The fraction of sp³-hybridized carbons (Fsp3) is 0.167. The number of carbonyl (C=O) groups excluding carboxylic acids is 1. The number of para-hydroxylation sites is 1. The summed E-state index contributed by atoms with van der Waals surface area (Å²) in [4.78, 5) is 29.0. The number of nitro groups is 1. The Bertz CT molecular complexity index is 1330. The van der Waals surface area contributed by atoms with Gasteiger partial charge in [0, 0.05) is 44.0 Å². The number of nitro benzene ring substituents is 1. The minimum absolute atomic E-state index is 0.0620. The molecule has 4 aromatic rings. The van der Waals surface area contributed by atoms with Gasteiger partial charge in [-0.25, -0.2) is 4.68 Å². The van der Waals surface area contributed by atoms with E-state index in [-0.39, 0.29) is 11.6 Å². The monoisotopic (exact) mass is 493 g/mol. The molecule has 172 valence electrons. The van der Waals surface area contributed by atoms with Gasteiger partial charge >= 0.3 is 0 Å². The number of anilines is 1. The molecule has 0 atom stereocenters. The summed E-state index contributed by atoms with van der Waals surface area (Å²) in [7, 11) is 0. The highest BCUT2D eigenvalue weighted by atomic mass is 35.5. The summed E-state index contributed by atoms with van der Waals surface area (Å²) in [5, 5.41) is 18.1. The lowest BCUT2D eigenvalue weighted by atomic mass is 10.2. The van der Waals surface area contributed by atoms with E-state index in [1.807, 2.05) is 46.7 Å². The Hall–Kier alpha value is -3.69. The van der Waals surface area contributed by atoms with Gasteiger partial charge in [0.1, 0.15) is 11.4 Å². The maximum atomic E-state index is 13.6. The smallest absolute Gasteiger partial charge is 0.272 e. The molecule has 1 aliphatic heterocycles. The molecule has 1 saturated heterocycles. The third kappa shape index (κ3) is 4.27. The van der Waals surface area contributed by atoms with E-state index < -0.39 is 4.92 Å². The van der Waals surface area contributed by atoms with Crippen LogP contribution in [0.2, 0.25) is 5.02 Å². The second kappa shape index (κ2) is 9.28. The molecule has 0 radical (unpaired) electrons. The van der Waals surface area contributed by atoms with Gasteiger partial charge < -0.3 is 9.80 Å². The lowest BCUT2D eigenvalue weighted by Gasteiger charge is -2.36. The number of amides is 1. The molecule has 0 aliphatic carbocycles. The van der Waals surface area contributed by atoms with E-state index >= 15 is 0 Å². The minimum Gasteiger partial charge on any atom is -0.368 e. The normalized spacial score (nSPS) is 13.8. The molecule has 1 aliphatic rings. The SMILES string of the molecule is O=C(c1cc(-c2cccs2)nn1-c1ccccc1Cl)N1CCN(c2ccc([N+](=O)[O-])cc2)CC1. The van der Waals surface area contributed by atoms with Crippen LogP contribution in [0.25, 0.3) is 16.3 Å². The van der Waals surface area contributed by atoms with Gasteiger partial charge in [-0.05, 0) is 41.8 Å². The largest absolute Gasteiger partial charge is 0.368 e. The average molecular weight is 494 g/mol. The summed E-state index contributed by atoms with van der Waals surface area (Å²) < 4.78 is 1.63. The first kappa shape index (κ1) is 22.1. The second-order valence-corrected chi connectivity index (χ2v) is 9.16. The van der Waals surface area contributed by atoms with Gasteiger partial charge in [0.2, 0.25) is 0 Å².